The zero-order valence-electron chi connectivity index (χ0n) is 15.5. The minimum Gasteiger partial charge on any atom is -0.376 e. The fourth-order valence-corrected chi connectivity index (χ4v) is 4.42. The van der Waals surface area contributed by atoms with E-state index in [1.54, 1.807) is 0 Å². The number of hydrogen-bond acceptors (Lipinski definition) is 5. The normalized spacial score (nSPS) is 27.0. The molecule has 0 aromatic carbocycles. The summed E-state index contributed by atoms with van der Waals surface area (Å²) >= 11 is 2.05. The highest BCUT2D eigenvalue weighted by molar-refractivity contribution is 8.00. The summed E-state index contributed by atoms with van der Waals surface area (Å²) in [6.45, 7) is 7.40. The number of aromatic nitrogens is 3. The van der Waals surface area contributed by atoms with E-state index in [2.05, 4.69) is 39.5 Å². The average molecular weight is 367 g/mol. The van der Waals surface area contributed by atoms with Crippen molar-refractivity contribution in [1.29, 1.82) is 0 Å². The van der Waals surface area contributed by atoms with Crippen LogP contribution in [0.3, 0.4) is 0 Å². The van der Waals surface area contributed by atoms with Crippen molar-refractivity contribution in [1.82, 2.24) is 25.4 Å². The Morgan fingerprint density at radius 1 is 1.40 bits per heavy atom. The number of nitrogens with zero attached hydrogens (tertiary/aromatic N) is 4. The van der Waals surface area contributed by atoms with E-state index in [0.29, 0.717) is 17.4 Å². The number of thioether (sulfide) groups is 1. The van der Waals surface area contributed by atoms with Crippen LogP contribution >= 0.6 is 11.8 Å². The molecule has 1 aromatic rings. The number of rotatable bonds is 6. The Hall–Kier alpha value is -1.28. The third-order valence-corrected chi connectivity index (χ3v) is 6.55. The van der Waals surface area contributed by atoms with Gasteiger partial charge in [0, 0.05) is 31.5 Å². The molecule has 0 radical (unpaired) electrons. The molecule has 2 N–H and O–H groups in total. The molecule has 2 saturated heterocycles. The van der Waals surface area contributed by atoms with Gasteiger partial charge >= 0.3 is 0 Å². The molecule has 0 amide bonds. The third kappa shape index (κ3) is 5.10. The van der Waals surface area contributed by atoms with Crippen LogP contribution in [0.25, 0.3) is 0 Å². The lowest BCUT2D eigenvalue weighted by atomic mass is 10.1. The summed E-state index contributed by atoms with van der Waals surface area (Å²) in [6, 6.07) is 0. The maximum atomic E-state index is 5.71. The molecular formula is C17H30N6OS. The first-order valence-electron chi connectivity index (χ1n) is 9.18. The van der Waals surface area contributed by atoms with Gasteiger partial charge in [-0.15, -0.1) is 10.2 Å². The van der Waals surface area contributed by atoms with E-state index in [1.807, 2.05) is 18.5 Å². The highest BCUT2D eigenvalue weighted by Crippen LogP contribution is 2.36. The average Bonchev–Trinajstić information content (AvgIpc) is 3.33. The molecule has 140 valence electrons. The predicted octanol–water partition coefficient (Wildman–Crippen LogP) is 1.62. The first-order valence-corrected chi connectivity index (χ1v) is 10.2. The molecule has 1 aromatic heterocycles. The fraction of sp³-hybridized carbons (Fsp3) is 0.824. The van der Waals surface area contributed by atoms with Gasteiger partial charge in [0.1, 0.15) is 12.4 Å². The number of nitrogens with one attached hydrogen (secondary N) is 2. The molecule has 2 aliphatic heterocycles. The Morgan fingerprint density at radius 2 is 2.28 bits per heavy atom. The Labute approximate surface area is 154 Å². The summed E-state index contributed by atoms with van der Waals surface area (Å²) in [6.07, 6.45) is 5.12. The molecule has 7 nitrogen and oxygen atoms in total. The van der Waals surface area contributed by atoms with Crippen molar-refractivity contribution in [2.24, 2.45) is 12.0 Å². The van der Waals surface area contributed by atoms with Gasteiger partial charge in [0.2, 0.25) is 0 Å². The fourth-order valence-electron chi connectivity index (χ4n) is 3.18. The van der Waals surface area contributed by atoms with Crippen molar-refractivity contribution in [3.8, 4) is 0 Å². The van der Waals surface area contributed by atoms with Gasteiger partial charge in [-0.3, -0.25) is 0 Å². The quantitative estimate of drug-likeness (QED) is 0.589. The first-order chi connectivity index (χ1) is 12.1. The van der Waals surface area contributed by atoms with Gasteiger partial charge in [0.15, 0.2) is 11.8 Å². The molecule has 3 heterocycles. The summed E-state index contributed by atoms with van der Waals surface area (Å²) in [7, 11) is 1.98. The van der Waals surface area contributed by atoms with Gasteiger partial charge in [0.05, 0.1) is 6.10 Å². The van der Waals surface area contributed by atoms with Crippen LogP contribution in [-0.2, 0) is 18.3 Å². The van der Waals surface area contributed by atoms with Crippen molar-refractivity contribution in [3.63, 3.8) is 0 Å². The molecule has 0 saturated carbocycles. The molecule has 2 aliphatic rings. The minimum absolute atomic E-state index is 0.292. The van der Waals surface area contributed by atoms with Gasteiger partial charge in [-0.05, 0) is 45.3 Å². The molecule has 2 unspecified atom stereocenters. The van der Waals surface area contributed by atoms with E-state index in [4.69, 9.17) is 9.73 Å². The molecule has 0 bridgehead atoms. The molecule has 0 spiro atoms. The first kappa shape index (κ1) is 18.5. The van der Waals surface area contributed by atoms with E-state index in [1.165, 1.54) is 18.6 Å². The molecule has 3 rings (SSSR count). The van der Waals surface area contributed by atoms with Crippen LogP contribution in [0, 0.1) is 6.92 Å². The predicted molar refractivity (Wildman–Crippen MR) is 102 cm³/mol. The smallest absolute Gasteiger partial charge is 0.191 e. The second kappa shape index (κ2) is 8.40. The zero-order valence-corrected chi connectivity index (χ0v) is 16.4. The molecule has 8 heteroatoms. The molecule has 25 heavy (non-hydrogen) atoms. The van der Waals surface area contributed by atoms with Crippen molar-refractivity contribution < 1.29 is 4.74 Å². The number of aliphatic imine (C=N–C) groups is 1. The van der Waals surface area contributed by atoms with E-state index in [9.17, 15) is 0 Å². The number of ether oxygens (including phenoxy) is 1. The lowest BCUT2D eigenvalue weighted by Gasteiger charge is -2.25. The van der Waals surface area contributed by atoms with Gasteiger partial charge in [-0.1, -0.05) is 0 Å². The maximum absolute atomic E-state index is 5.71. The maximum Gasteiger partial charge on any atom is 0.191 e. The van der Waals surface area contributed by atoms with Crippen LogP contribution in [0.4, 0.5) is 0 Å². The van der Waals surface area contributed by atoms with Crippen molar-refractivity contribution in [2.75, 3.05) is 25.4 Å². The Bertz CT molecular complexity index is 590. The van der Waals surface area contributed by atoms with Crippen LogP contribution in [-0.4, -0.2) is 57.0 Å². The summed E-state index contributed by atoms with van der Waals surface area (Å²) in [4.78, 5) is 4.73. The lowest BCUT2D eigenvalue weighted by molar-refractivity contribution is 0.113. The standard InChI is InChI=1S/C17H30N6OS/c1-13-21-22-15(23(13)3)11-19-16(18-10-14-6-4-8-24-14)20-12-17(2)7-5-9-25-17/h14H,4-12H2,1-3H3,(H2,18,19,20). The van der Waals surface area contributed by atoms with Crippen molar-refractivity contribution in [3.05, 3.63) is 11.6 Å². The van der Waals surface area contributed by atoms with E-state index in [0.717, 1.165) is 50.1 Å². The van der Waals surface area contributed by atoms with Gasteiger partial charge in [-0.25, -0.2) is 4.99 Å². The van der Waals surface area contributed by atoms with E-state index >= 15 is 0 Å². The van der Waals surface area contributed by atoms with Crippen molar-refractivity contribution >= 4 is 17.7 Å². The van der Waals surface area contributed by atoms with Crippen LogP contribution < -0.4 is 10.6 Å². The molecular weight excluding hydrogens is 336 g/mol. The SMILES string of the molecule is Cc1nnc(CN=C(NCC2CCCO2)NCC2(C)CCCS2)n1C. The second-order valence-electron chi connectivity index (χ2n) is 7.16. The number of aryl methyl sites for hydroxylation is 1. The number of hydrogen-bond donors (Lipinski definition) is 2. The lowest BCUT2D eigenvalue weighted by Crippen LogP contribution is -2.45. The number of guanidine groups is 1. The molecule has 2 atom stereocenters. The molecule has 0 aliphatic carbocycles. The second-order valence-corrected chi connectivity index (χ2v) is 8.84. The van der Waals surface area contributed by atoms with Crippen LogP contribution in [0.15, 0.2) is 4.99 Å². The Balaban J connectivity index is 1.59. The van der Waals surface area contributed by atoms with Crippen LogP contribution in [0.2, 0.25) is 0 Å². The highest BCUT2D eigenvalue weighted by atomic mass is 32.2. The monoisotopic (exact) mass is 366 g/mol. The van der Waals surface area contributed by atoms with Crippen LogP contribution in [0.5, 0.6) is 0 Å². The highest BCUT2D eigenvalue weighted by Gasteiger charge is 2.29. The summed E-state index contributed by atoms with van der Waals surface area (Å²) in [5, 5.41) is 15.3. The Morgan fingerprint density at radius 3 is 2.92 bits per heavy atom. The van der Waals surface area contributed by atoms with Crippen LogP contribution in [0.1, 0.15) is 44.3 Å². The van der Waals surface area contributed by atoms with Gasteiger partial charge in [0.25, 0.3) is 0 Å². The third-order valence-electron chi connectivity index (χ3n) is 5.01. The molecule has 2 fully saturated rings. The van der Waals surface area contributed by atoms with Gasteiger partial charge in [-0.2, -0.15) is 11.8 Å². The summed E-state index contributed by atoms with van der Waals surface area (Å²) in [5.41, 5.74) is 0. The Kier molecular flexibility index (Phi) is 6.22. The summed E-state index contributed by atoms with van der Waals surface area (Å²) < 4.78 is 7.99. The minimum atomic E-state index is 0.292. The zero-order chi connectivity index (χ0) is 17.7. The largest absolute Gasteiger partial charge is 0.376 e. The van der Waals surface area contributed by atoms with Gasteiger partial charge < -0.3 is 19.9 Å². The van der Waals surface area contributed by atoms with E-state index in [-0.39, 0.29) is 0 Å². The van der Waals surface area contributed by atoms with E-state index < -0.39 is 0 Å². The topological polar surface area (TPSA) is 76.4 Å². The van der Waals surface area contributed by atoms with Crippen molar-refractivity contribution in [2.45, 2.75) is 56.9 Å². The summed E-state index contributed by atoms with van der Waals surface area (Å²) in [5.74, 6) is 3.87.